The molecule has 0 spiro atoms. The molecule has 8 heteroatoms. The molecule has 2 aliphatic heterocycles. The number of benzene rings is 2. The molecule has 2 heterocycles. The molecule has 168 valence electrons. The summed E-state index contributed by atoms with van der Waals surface area (Å²) in [4.78, 5) is 26.9. The fourth-order valence-corrected chi connectivity index (χ4v) is 5.47. The maximum Gasteiger partial charge on any atom is 0.200 e. The van der Waals surface area contributed by atoms with Crippen molar-refractivity contribution in [3.63, 3.8) is 0 Å². The predicted octanol–water partition coefficient (Wildman–Crippen LogP) is 0.950. The van der Waals surface area contributed by atoms with Gasteiger partial charge in [0, 0.05) is 11.1 Å². The average molecular weight is 455 g/mol. The van der Waals surface area contributed by atoms with Crippen molar-refractivity contribution in [1.29, 1.82) is 0 Å². The number of anilines is 1. The second kappa shape index (κ2) is 6.49. The zero-order chi connectivity index (χ0) is 24.0. The lowest BCUT2D eigenvalue weighted by Gasteiger charge is -2.37. The van der Waals surface area contributed by atoms with Crippen LogP contribution in [0.25, 0.3) is 0 Å². The highest BCUT2D eigenvalue weighted by molar-refractivity contribution is 6.32. The molecule has 0 amide bonds. The van der Waals surface area contributed by atoms with Crippen molar-refractivity contribution in [2.75, 3.05) is 5.32 Å². The van der Waals surface area contributed by atoms with Gasteiger partial charge in [0.15, 0.2) is 28.9 Å². The Morgan fingerprint density at radius 1 is 1.03 bits per heavy atom. The summed E-state index contributed by atoms with van der Waals surface area (Å²) >= 11 is 0. The minimum atomic E-state index is -1.63. The van der Waals surface area contributed by atoms with Gasteiger partial charge in [-0.2, -0.15) is 0 Å². The minimum absolute atomic E-state index is 0.0268. The Hall–Kier alpha value is -4.08. The Morgan fingerprint density at radius 3 is 2.50 bits per heavy atom. The number of epoxide rings is 1. The van der Waals surface area contributed by atoms with E-state index < -0.39 is 46.8 Å². The highest BCUT2D eigenvalue weighted by atomic mass is 16.7. The third-order valence-corrected chi connectivity index (χ3v) is 6.96. The molecular formula is C26H17NO7. The van der Waals surface area contributed by atoms with Crippen LogP contribution in [0, 0.1) is 23.7 Å². The van der Waals surface area contributed by atoms with Crippen LogP contribution in [0.2, 0.25) is 0 Å². The zero-order valence-electron chi connectivity index (χ0n) is 17.7. The molecule has 1 saturated heterocycles. The number of nitrogens with one attached hydrogen (secondary N) is 1. The molecule has 0 saturated carbocycles. The van der Waals surface area contributed by atoms with E-state index in [9.17, 15) is 30.0 Å². The van der Waals surface area contributed by atoms with Crippen LogP contribution < -0.4 is 5.32 Å². The van der Waals surface area contributed by atoms with Crippen LogP contribution in [-0.4, -0.2) is 55.8 Å². The van der Waals surface area contributed by atoms with E-state index in [0.717, 1.165) is 0 Å². The lowest BCUT2D eigenvalue weighted by molar-refractivity contribution is 0.0867. The number of fused-ring (bicyclic) bond motifs is 4. The molecule has 6 rings (SSSR count). The van der Waals surface area contributed by atoms with Crippen LogP contribution in [0.15, 0.2) is 36.4 Å². The van der Waals surface area contributed by atoms with E-state index in [1.54, 1.807) is 0 Å². The number of allylic oxidation sites excluding steroid dienone is 2. The Labute approximate surface area is 193 Å². The molecule has 1 unspecified atom stereocenters. The molecule has 5 atom stereocenters. The first-order chi connectivity index (χ1) is 16.3. The van der Waals surface area contributed by atoms with Crippen molar-refractivity contribution in [3.05, 3.63) is 64.2 Å². The maximum atomic E-state index is 13.6. The summed E-state index contributed by atoms with van der Waals surface area (Å²) in [6.45, 7) is 1.49. The number of aliphatic hydroxyl groups excluding tert-OH is 2. The summed E-state index contributed by atoms with van der Waals surface area (Å²) < 4.78 is 6.10. The number of rotatable bonds is 1. The van der Waals surface area contributed by atoms with Gasteiger partial charge in [-0.15, -0.1) is 0 Å². The van der Waals surface area contributed by atoms with Crippen molar-refractivity contribution < 1.29 is 34.8 Å². The van der Waals surface area contributed by atoms with Crippen molar-refractivity contribution >= 4 is 17.3 Å². The van der Waals surface area contributed by atoms with E-state index in [0.29, 0.717) is 0 Å². The number of aliphatic hydroxyl groups is 2. The third-order valence-electron chi connectivity index (χ3n) is 6.96. The summed E-state index contributed by atoms with van der Waals surface area (Å²) in [6.07, 6.45) is 0.361. The number of aromatic hydroxyl groups is 2. The quantitative estimate of drug-likeness (QED) is 0.208. The number of ketones is 2. The lowest BCUT2D eigenvalue weighted by Crippen LogP contribution is -2.54. The van der Waals surface area contributed by atoms with E-state index >= 15 is 0 Å². The number of ether oxygens (including phenoxy) is 1. The maximum absolute atomic E-state index is 13.6. The Balaban J connectivity index is 1.70. The van der Waals surface area contributed by atoms with Gasteiger partial charge in [-0.05, 0) is 31.2 Å². The second-order valence-electron chi connectivity index (χ2n) is 8.62. The monoisotopic (exact) mass is 455 g/mol. The van der Waals surface area contributed by atoms with Crippen LogP contribution in [0.3, 0.4) is 0 Å². The van der Waals surface area contributed by atoms with Crippen molar-refractivity contribution in [2.24, 2.45) is 0 Å². The van der Waals surface area contributed by atoms with E-state index in [-0.39, 0.29) is 39.3 Å². The SMILES string of the molecule is C[C@@H](O)C12O[C@]13c1cc(O)c4c(c1N[C@H]2C#C/C=C\C#C[C@H]3O)C(=O)c1c(O)cccc1C4=O. The minimum Gasteiger partial charge on any atom is -0.507 e. The lowest BCUT2D eigenvalue weighted by atomic mass is 9.69. The molecule has 2 aliphatic carbocycles. The molecule has 5 N–H and O–H groups in total. The summed E-state index contributed by atoms with van der Waals surface area (Å²) in [5, 5.41) is 46.3. The van der Waals surface area contributed by atoms with Gasteiger partial charge >= 0.3 is 0 Å². The largest absolute Gasteiger partial charge is 0.507 e. The van der Waals surface area contributed by atoms with Crippen molar-refractivity contribution in [3.8, 4) is 35.2 Å². The molecule has 0 radical (unpaired) electrons. The molecule has 8 nitrogen and oxygen atoms in total. The highest BCUT2D eigenvalue weighted by Gasteiger charge is 2.82. The van der Waals surface area contributed by atoms with E-state index in [1.807, 2.05) is 0 Å². The van der Waals surface area contributed by atoms with Gasteiger partial charge in [0.1, 0.15) is 17.5 Å². The summed E-state index contributed by atoms with van der Waals surface area (Å²) in [5.41, 5.74) is -3.38. The fraction of sp³-hybridized carbons (Fsp3) is 0.231. The van der Waals surface area contributed by atoms with Crippen molar-refractivity contribution in [2.45, 2.75) is 36.4 Å². The van der Waals surface area contributed by atoms with E-state index in [4.69, 9.17) is 4.74 Å². The van der Waals surface area contributed by atoms with Gasteiger partial charge in [0.25, 0.3) is 0 Å². The first-order valence-electron chi connectivity index (χ1n) is 10.6. The Kier molecular flexibility index (Phi) is 3.92. The molecule has 2 bridgehead atoms. The van der Waals surface area contributed by atoms with Crippen LogP contribution >= 0.6 is 0 Å². The predicted molar refractivity (Wildman–Crippen MR) is 118 cm³/mol. The number of hydrogen-bond acceptors (Lipinski definition) is 8. The zero-order valence-corrected chi connectivity index (χ0v) is 17.7. The number of hydrogen-bond donors (Lipinski definition) is 5. The Bertz CT molecular complexity index is 1500. The first-order valence-corrected chi connectivity index (χ1v) is 10.6. The second-order valence-corrected chi connectivity index (χ2v) is 8.62. The fourth-order valence-electron chi connectivity index (χ4n) is 5.47. The van der Waals surface area contributed by atoms with Crippen LogP contribution in [0.1, 0.15) is 44.3 Å². The molecule has 34 heavy (non-hydrogen) atoms. The van der Waals surface area contributed by atoms with Crippen LogP contribution in [0.5, 0.6) is 11.5 Å². The smallest absolute Gasteiger partial charge is 0.200 e. The average Bonchev–Trinajstić information content (AvgIpc) is 3.53. The molecule has 2 aromatic carbocycles. The number of carbonyl (C=O) groups excluding carboxylic acids is 2. The number of carbonyl (C=O) groups is 2. The van der Waals surface area contributed by atoms with Gasteiger partial charge in [-0.1, -0.05) is 35.8 Å². The summed E-state index contributed by atoms with van der Waals surface area (Å²) in [5.74, 6) is 8.94. The van der Waals surface area contributed by atoms with E-state index in [1.165, 1.54) is 43.3 Å². The van der Waals surface area contributed by atoms with Crippen molar-refractivity contribution in [1.82, 2.24) is 0 Å². The van der Waals surface area contributed by atoms with Crippen LogP contribution in [-0.2, 0) is 10.3 Å². The first kappa shape index (κ1) is 20.5. The molecule has 0 aromatic heterocycles. The molecule has 4 aliphatic rings. The summed E-state index contributed by atoms with van der Waals surface area (Å²) in [7, 11) is 0. The van der Waals surface area contributed by atoms with Gasteiger partial charge in [0.2, 0.25) is 0 Å². The topological polar surface area (TPSA) is 140 Å². The Morgan fingerprint density at radius 2 is 1.76 bits per heavy atom. The molecular weight excluding hydrogens is 438 g/mol. The molecule has 1 fully saturated rings. The summed E-state index contributed by atoms with van der Waals surface area (Å²) in [6, 6.07) is 4.49. The van der Waals surface area contributed by atoms with Gasteiger partial charge in [-0.25, -0.2) is 0 Å². The van der Waals surface area contributed by atoms with Gasteiger partial charge in [0.05, 0.1) is 28.5 Å². The standard InChI is InChI=1S/C26H17NO7/c1-12(28)25-17-9-4-2-3-5-10-18(31)26(25,34-25)14-11-16(30)20-21(22(14)27-17)24(33)19-13(23(20)32)7-6-8-15(19)29/h2-3,6-8,11-12,17-18,27-31H,1H3/b3-2-/t12-,17+,18-,25?,26+/m1/s1. The number of phenolic OH excluding ortho intramolecular Hbond substituents is 2. The highest BCUT2D eigenvalue weighted by Crippen LogP contribution is 2.67. The normalized spacial score (nSPS) is 31.0. The molecule has 2 aromatic rings. The number of phenols is 2. The van der Waals surface area contributed by atoms with Gasteiger partial charge in [-0.3, -0.25) is 9.59 Å². The van der Waals surface area contributed by atoms with Gasteiger partial charge < -0.3 is 30.5 Å². The third kappa shape index (κ3) is 2.20. The van der Waals surface area contributed by atoms with Crippen LogP contribution in [0.4, 0.5) is 5.69 Å². The van der Waals surface area contributed by atoms with E-state index in [2.05, 4.69) is 29.0 Å².